The van der Waals surface area contributed by atoms with E-state index in [9.17, 15) is 9.90 Å². The molecule has 1 aliphatic rings. The number of aryl methyl sites for hydroxylation is 3. The summed E-state index contributed by atoms with van der Waals surface area (Å²) in [4.78, 5) is 14.5. The van der Waals surface area contributed by atoms with Crippen molar-refractivity contribution >= 4 is 5.91 Å². The predicted octanol–water partition coefficient (Wildman–Crippen LogP) is 2.56. The van der Waals surface area contributed by atoms with E-state index in [1.54, 1.807) is 7.11 Å². The fourth-order valence-corrected chi connectivity index (χ4v) is 3.78. The summed E-state index contributed by atoms with van der Waals surface area (Å²) in [6.45, 7) is 0.894. The minimum atomic E-state index is 0.104. The molecule has 1 N–H and O–H groups in total. The number of nitrogens with zero attached hydrogens (tertiary/aromatic N) is 3. The van der Waals surface area contributed by atoms with Crippen LogP contribution in [-0.4, -0.2) is 52.4 Å². The average molecular weight is 387 g/mol. The molecule has 1 fully saturated rings. The van der Waals surface area contributed by atoms with Crippen molar-refractivity contribution in [1.29, 1.82) is 0 Å². The number of hydrogen-bond acceptors (Lipinski definition) is 6. The second kappa shape index (κ2) is 10.2. The summed E-state index contributed by atoms with van der Waals surface area (Å²) in [7, 11) is 1.66. The molecule has 152 valence electrons. The number of aliphatic hydroxyl groups is 1. The van der Waals surface area contributed by atoms with Crippen LogP contribution in [0.2, 0.25) is 0 Å². The molecule has 1 amide bonds. The number of aromatic nitrogens is 2. The molecular formula is C21H29N3O4. The zero-order valence-corrected chi connectivity index (χ0v) is 16.5. The molecule has 0 unspecified atom stereocenters. The molecule has 0 saturated carbocycles. The van der Waals surface area contributed by atoms with Gasteiger partial charge >= 0.3 is 0 Å². The first kappa shape index (κ1) is 20.3. The Morgan fingerprint density at radius 3 is 2.79 bits per heavy atom. The number of likely N-dealkylation sites (tertiary alicyclic amines) is 1. The Morgan fingerprint density at radius 2 is 2.00 bits per heavy atom. The number of piperidine rings is 1. The smallest absolute Gasteiger partial charge is 0.223 e. The highest BCUT2D eigenvalue weighted by atomic mass is 16.5. The maximum absolute atomic E-state index is 12.6. The number of amides is 1. The molecule has 7 nitrogen and oxygen atoms in total. The second-order valence-electron chi connectivity index (χ2n) is 7.15. The first-order valence-corrected chi connectivity index (χ1v) is 10.0. The number of carbonyl (C=O) groups excluding carboxylic acids is 1. The molecule has 3 rings (SSSR count). The number of hydrogen-bond donors (Lipinski definition) is 1. The van der Waals surface area contributed by atoms with Gasteiger partial charge in [-0.2, -0.15) is 0 Å². The van der Waals surface area contributed by atoms with Crippen molar-refractivity contribution in [1.82, 2.24) is 15.1 Å². The number of carbonyl (C=O) groups is 1. The van der Waals surface area contributed by atoms with Gasteiger partial charge in [-0.1, -0.05) is 18.2 Å². The van der Waals surface area contributed by atoms with Gasteiger partial charge in [-0.05, 0) is 43.7 Å². The number of methoxy groups -OCH3 is 1. The second-order valence-corrected chi connectivity index (χ2v) is 7.15. The van der Waals surface area contributed by atoms with Crippen molar-refractivity contribution in [2.45, 2.75) is 57.4 Å². The SMILES string of the molecule is COc1ccccc1CCc1nnc(CCC(=O)N2CCCC[C@H]2CCO)o1. The van der Waals surface area contributed by atoms with E-state index >= 15 is 0 Å². The molecule has 0 spiro atoms. The van der Waals surface area contributed by atoms with Gasteiger partial charge < -0.3 is 19.2 Å². The van der Waals surface area contributed by atoms with Crippen LogP contribution >= 0.6 is 0 Å². The van der Waals surface area contributed by atoms with E-state index < -0.39 is 0 Å². The molecule has 1 saturated heterocycles. The molecular weight excluding hydrogens is 358 g/mol. The largest absolute Gasteiger partial charge is 0.496 e. The van der Waals surface area contributed by atoms with Crippen molar-refractivity contribution in [2.24, 2.45) is 0 Å². The number of rotatable bonds is 9. The van der Waals surface area contributed by atoms with Gasteiger partial charge in [-0.15, -0.1) is 10.2 Å². The molecule has 1 atom stereocenters. The molecule has 1 aromatic carbocycles. The molecule has 1 aromatic heterocycles. The van der Waals surface area contributed by atoms with E-state index in [1.807, 2.05) is 29.2 Å². The fourth-order valence-electron chi connectivity index (χ4n) is 3.78. The zero-order chi connectivity index (χ0) is 19.8. The highest BCUT2D eigenvalue weighted by Crippen LogP contribution is 2.21. The van der Waals surface area contributed by atoms with E-state index in [4.69, 9.17) is 9.15 Å². The monoisotopic (exact) mass is 387 g/mol. The summed E-state index contributed by atoms with van der Waals surface area (Å²) >= 11 is 0. The minimum Gasteiger partial charge on any atom is -0.496 e. The van der Waals surface area contributed by atoms with Crippen LogP contribution in [0.3, 0.4) is 0 Å². The van der Waals surface area contributed by atoms with Gasteiger partial charge in [0.2, 0.25) is 17.7 Å². The van der Waals surface area contributed by atoms with E-state index in [1.165, 1.54) is 0 Å². The highest BCUT2D eigenvalue weighted by molar-refractivity contribution is 5.76. The minimum absolute atomic E-state index is 0.104. The number of benzene rings is 1. The lowest BCUT2D eigenvalue weighted by Crippen LogP contribution is -2.44. The van der Waals surface area contributed by atoms with Crippen LogP contribution < -0.4 is 4.74 Å². The van der Waals surface area contributed by atoms with E-state index in [2.05, 4.69) is 10.2 Å². The van der Waals surface area contributed by atoms with Gasteiger partial charge in [-0.25, -0.2) is 0 Å². The van der Waals surface area contributed by atoms with Crippen LogP contribution in [0.5, 0.6) is 5.75 Å². The topological polar surface area (TPSA) is 88.7 Å². The van der Waals surface area contributed by atoms with Gasteiger partial charge in [0.05, 0.1) is 7.11 Å². The molecule has 28 heavy (non-hydrogen) atoms. The Labute approximate surface area is 165 Å². The van der Waals surface area contributed by atoms with Crippen LogP contribution in [0.4, 0.5) is 0 Å². The normalized spacial score (nSPS) is 16.9. The first-order chi connectivity index (χ1) is 13.7. The van der Waals surface area contributed by atoms with Crippen molar-refractivity contribution in [3.63, 3.8) is 0 Å². The summed E-state index contributed by atoms with van der Waals surface area (Å²) in [5, 5.41) is 17.4. The van der Waals surface area contributed by atoms with Crippen molar-refractivity contribution in [3.8, 4) is 5.75 Å². The van der Waals surface area contributed by atoms with Crippen LogP contribution in [0.15, 0.2) is 28.7 Å². The van der Waals surface area contributed by atoms with Crippen molar-refractivity contribution in [2.75, 3.05) is 20.3 Å². The summed E-state index contributed by atoms with van der Waals surface area (Å²) in [6, 6.07) is 8.04. The van der Waals surface area contributed by atoms with E-state index in [0.29, 0.717) is 37.5 Å². The molecule has 0 aliphatic carbocycles. The Bertz CT molecular complexity index is 760. The molecule has 2 heterocycles. The lowest BCUT2D eigenvalue weighted by molar-refractivity contribution is -0.135. The van der Waals surface area contributed by atoms with Crippen molar-refractivity contribution < 1.29 is 19.1 Å². The Morgan fingerprint density at radius 1 is 1.21 bits per heavy atom. The zero-order valence-electron chi connectivity index (χ0n) is 16.5. The van der Waals surface area contributed by atoms with Gasteiger partial charge in [0.15, 0.2) is 0 Å². The highest BCUT2D eigenvalue weighted by Gasteiger charge is 2.26. The van der Waals surface area contributed by atoms with Crippen LogP contribution in [0, 0.1) is 0 Å². The quantitative estimate of drug-likeness (QED) is 0.711. The van der Waals surface area contributed by atoms with Gasteiger partial charge in [0.25, 0.3) is 0 Å². The average Bonchev–Trinajstić information content (AvgIpc) is 3.19. The standard InChI is InChI=1S/C21H29N3O4/c1-27-18-8-3-2-6-16(18)9-10-19-22-23-20(28-19)11-12-21(26)24-14-5-4-7-17(24)13-15-25/h2-3,6,8,17,25H,4-5,7,9-15H2,1H3/t17-/m0/s1. The van der Waals surface area contributed by atoms with Gasteiger partial charge in [0.1, 0.15) is 5.75 Å². The molecule has 7 heteroatoms. The number of para-hydroxylation sites is 1. The van der Waals surface area contributed by atoms with Crippen LogP contribution in [0.1, 0.15) is 49.4 Å². The van der Waals surface area contributed by atoms with Crippen LogP contribution in [0.25, 0.3) is 0 Å². The number of aliphatic hydroxyl groups excluding tert-OH is 1. The third-order valence-corrected chi connectivity index (χ3v) is 5.27. The Hall–Kier alpha value is -2.41. The summed E-state index contributed by atoms with van der Waals surface area (Å²) < 4.78 is 11.1. The summed E-state index contributed by atoms with van der Waals surface area (Å²) in [5.41, 5.74) is 1.10. The lowest BCUT2D eigenvalue weighted by Gasteiger charge is -2.35. The summed E-state index contributed by atoms with van der Waals surface area (Å²) in [6.07, 6.45) is 5.96. The fraction of sp³-hybridized carbons (Fsp3) is 0.571. The first-order valence-electron chi connectivity index (χ1n) is 10.0. The Balaban J connectivity index is 1.49. The number of ether oxygens (including phenoxy) is 1. The summed E-state index contributed by atoms with van der Waals surface area (Å²) in [5.74, 6) is 2.03. The molecule has 1 aliphatic heterocycles. The van der Waals surface area contributed by atoms with Gasteiger partial charge in [-0.3, -0.25) is 4.79 Å². The maximum Gasteiger partial charge on any atom is 0.223 e. The van der Waals surface area contributed by atoms with Crippen LogP contribution in [-0.2, 0) is 24.1 Å². The van der Waals surface area contributed by atoms with E-state index in [-0.39, 0.29) is 18.6 Å². The molecule has 0 bridgehead atoms. The lowest BCUT2D eigenvalue weighted by atomic mass is 9.99. The molecule has 2 aromatic rings. The van der Waals surface area contributed by atoms with Crippen molar-refractivity contribution in [3.05, 3.63) is 41.6 Å². The van der Waals surface area contributed by atoms with Gasteiger partial charge in [0, 0.05) is 38.5 Å². The maximum atomic E-state index is 12.6. The molecule has 0 radical (unpaired) electrons. The Kier molecular flexibility index (Phi) is 7.42. The predicted molar refractivity (Wildman–Crippen MR) is 104 cm³/mol. The van der Waals surface area contributed by atoms with E-state index in [0.717, 1.165) is 43.5 Å². The third-order valence-electron chi connectivity index (χ3n) is 5.27. The third kappa shape index (κ3) is 5.32.